The molecule has 0 unspecified atom stereocenters. The van der Waals surface area contributed by atoms with Crippen LogP contribution in [0.5, 0.6) is 0 Å². The fourth-order valence-electron chi connectivity index (χ4n) is 3.10. The molecule has 0 saturated carbocycles. The molecular weight excluding hydrogens is 343 g/mol. The lowest BCUT2D eigenvalue weighted by atomic mass is 10.1. The molecule has 0 saturated heterocycles. The van der Waals surface area contributed by atoms with Gasteiger partial charge in [-0.25, -0.2) is 9.07 Å². The molecule has 140 valence electrons. The van der Waals surface area contributed by atoms with Crippen LogP contribution in [0, 0.1) is 5.82 Å². The summed E-state index contributed by atoms with van der Waals surface area (Å²) >= 11 is 0. The van der Waals surface area contributed by atoms with Gasteiger partial charge in [-0.1, -0.05) is 32.4 Å². The second-order valence-corrected chi connectivity index (χ2v) is 6.31. The van der Waals surface area contributed by atoms with Crippen molar-refractivity contribution in [2.75, 3.05) is 0 Å². The van der Waals surface area contributed by atoms with E-state index >= 15 is 0 Å². The molecule has 2 aromatic heterocycles. The van der Waals surface area contributed by atoms with E-state index in [2.05, 4.69) is 15.4 Å². The van der Waals surface area contributed by atoms with Gasteiger partial charge in [0.2, 0.25) is 0 Å². The first kappa shape index (κ1) is 18.8. The number of amides is 1. The quantitative estimate of drug-likeness (QED) is 0.691. The van der Waals surface area contributed by atoms with E-state index in [1.165, 1.54) is 12.1 Å². The largest absolute Gasteiger partial charge is 0.348 e. The summed E-state index contributed by atoms with van der Waals surface area (Å²) in [6.45, 7) is 4.41. The van der Waals surface area contributed by atoms with E-state index in [9.17, 15) is 9.18 Å². The number of nitrogens with one attached hydrogen (secondary N) is 1. The van der Waals surface area contributed by atoms with Crippen LogP contribution in [0.15, 0.2) is 48.8 Å². The summed E-state index contributed by atoms with van der Waals surface area (Å²) in [5.41, 5.74) is 3.66. The highest BCUT2D eigenvalue weighted by atomic mass is 19.1. The summed E-state index contributed by atoms with van der Waals surface area (Å²) in [7, 11) is 0. The minimum atomic E-state index is -0.329. The standard InChI is InChI=1S/C21H23FN4O/c1-3-7-18-20(21(27)24-14-15-8-6-11-23-13-15)19(4-2)26(25-18)17-10-5-9-16(22)12-17/h5-6,8-13H,3-4,7,14H2,1-2H3,(H,24,27). The van der Waals surface area contributed by atoms with Gasteiger partial charge in [0.1, 0.15) is 5.82 Å². The summed E-state index contributed by atoms with van der Waals surface area (Å²) in [4.78, 5) is 17.0. The van der Waals surface area contributed by atoms with E-state index in [1.807, 2.05) is 26.0 Å². The zero-order valence-electron chi connectivity index (χ0n) is 15.6. The zero-order chi connectivity index (χ0) is 19.2. The molecule has 0 spiro atoms. The number of nitrogens with zero attached hydrogens (tertiary/aromatic N) is 3. The Balaban J connectivity index is 1.96. The Morgan fingerprint density at radius 3 is 2.74 bits per heavy atom. The monoisotopic (exact) mass is 366 g/mol. The minimum Gasteiger partial charge on any atom is -0.348 e. The van der Waals surface area contributed by atoms with Crippen LogP contribution in [-0.2, 0) is 19.4 Å². The Labute approximate surface area is 158 Å². The maximum atomic E-state index is 13.7. The van der Waals surface area contributed by atoms with Crippen LogP contribution in [0.25, 0.3) is 5.69 Å². The van der Waals surface area contributed by atoms with Gasteiger partial charge in [0.25, 0.3) is 5.91 Å². The Morgan fingerprint density at radius 2 is 2.07 bits per heavy atom. The molecule has 0 aliphatic carbocycles. The average molecular weight is 366 g/mol. The maximum Gasteiger partial charge on any atom is 0.255 e. The van der Waals surface area contributed by atoms with Crippen LogP contribution in [0.2, 0.25) is 0 Å². The third-order valence-corrected chi connectivity index (χ3v) is 4.33. The molecular formula is C21H23FN4O. The molecule has 0 atom stereocenters. The molecule has 0 aliphatic heterocycles. The molecule has 1 aromatic carbocycles. The molecule has 0 fully saturated rings. The van der Waals surface area contributed by atoms with Crippen molar-refractivity contribution in [3.05, 3.63) is 77.1 Å². The zero-order valence-corrected chi connectivity index (χ0v) is 15.6. The third kappa shape index (κ3) is 4.22. The first-order valence-electron chi connectivity index (χ1n) is 9.17. The number of hydrogen-bond acceptors (Lipinski definition) is 3. The number of carbonyl (C=O) groups is 1. The van der Waals surface area contributed by atoms with E-state index in [4.69, 9.17) is 0 Å². The summed E-state index contributed by atoms with van der Waals surface area (Å²) in [5, 5.41) is 7.59. The molecule has 1 N–H and O–H groups in total. The van der Waals surface area contributed by atoms with Crippen molar-refractivity contribution in [1.29, 1.82) is 0 Å². The second kappa shape index (κ2) is 8.58. The number of aryl methyl sites for hydroxylation is 1. The number of pyridine rings is 1. The van der Waals surface area contributed by atoms with Crippen LogP contribution in [0.4, 0.5) is 4.39 Å². The van der Waals surface area contributed by atoms with Gasteiger partial charge < -0.3 is 5.32 Å². The first-order chi connectivity index (χ1) is 13.1. The maximum absolute atomic E-state index is 13.7. The van der Waals surface area contributed by atoms with Gasteiger partial charge in [0.05, 0.1) is 22.6 Å². The van der Waals surface area contributed by atoms with Crippen LogP contribution in [0.1, 0.15) is 47.6 Å². The summed E-state index contributed by atoms with van der Waals surface area (Å²) < 4.78 is 15.4. The van der Waals surface area contributed by atoms with Crippen LogP contribution in [-0.4, -0.2) is 20.7 Å². The highest BCUT2D eigenvalue weighted by Crippen LogP contribution is 2.22. The van der Waals surface area contributed by atoms with Crippen molar-refractivity contribution in [1.82, 2.24) is 20.1 Å². The highest BCUT2D eigenvalue weighted by Gasteiger charge is 2.23. The highest BCUT2D eigenvalue weighted by molar-refractivity contribution is 5.96. The first-order valence-corrected chi connectivity index (χ1v) is 9.17. The number of carbonyl (C=O) groups excluding carboxylic acids is 1. The van der Waals surface area contributed by atoms with Crippen LogP contribution >= 0.6 is 0 Å². The van der Waals surface area contributed by atoms with Gasteiger partial charge >= 0.3 is 0 Å². The molecule has 1 amide bonds. The Kier molecular flexibility index (Phi) is 5.96. The summed E-state index contributed by atoms with van der Waals surface area (Å²) in [6, 6.07) is 10.0. The van der Waals surface area contributed by atoms with E-state index in [-0.39, 0.29) is 11.7 Å². The molecule has 3 rings (SSSR count). The fourth-order valence-corrected chi connectivity index (χ4v) is 3.10. The molecule has 5 nitrogen and oxygen atoms in total. The van der Waals surface area contributed by atoms with E-state index in [1.54, 1.807) is 29.2 Å². The van der Waals surface area contributed by atoms with Crippen LogP contribution in [0.3, 0.4) is 0 Å². The van der Waals surface area contributed by atoms with Crippen molar-refractivity contribution < 1.29 is 9.18 Å². The lowest BCUT2D eigenvalue weighted by Gasteiger charge is -2.09. The predicted molar refractivity (Wildman–Crippen MR) is 102 cm³/mol. The van der Waals surface area contributed by atoms with Crippen molar-refractivity contribution >= 4 is 5.91 Å². The smallest absolute Gasteiger partial charge is 0.255 e. The van der Waals surface area contributed by atoms with Gasteiger partial charge in [0.15, 0.2) is 0 Å². The Bertz CT molecular complexity index is 921. The lowest BCUT2D eigenvalue weighted by Crippen LogP contribution is -2.25. The summed E-state index contributed by atoms with van der Waals surface area (Å²) in [5.74, 6) is -0.494. The third-order valence-electron chi connectivity index (χ3n) is 4.33. The number of benzene rings is 1. The number of hydrogen-bond donors (Lipinski definition) is 1. The van der Waals surface area contributed by atoms with E-state index < -0.39 is 0 Å². The predicted octanol–water partition coefficient (Wildman–Crippen LogP) is 3.85. The molecule has 27 heavy (non-hydrogen) atoms. The van der Waals surface area contributed by atoms with Gasteiger partial charge in [-0.15, -0.1) is 0 Å². The van der Waals surface area contributed by atoms with Crippen LogP contribution < -0.4 is 5.32 Å². The normalized spacial score (nSPS) is 10.8. The van der Waals surface area contributed by atoms with Gasteiger partial charge in [-0.2, -0.15) is 5.10 Å². The van der Waals surface area contributed by atoms with Crippen molar-refractivity contribution in [3.8, 4) is 5.69 Å². The Hall–Kier alpha value is -3.02. The van der Waals surface area contributed by atoms with Crippen molar-refractivity contribution in [3.63, 3.8) is 0 Å². The lowest BCUT2D eigenvalue weighted by molar-refractivity contribution is 0.0949. The molecule has 6 heteroatoms. The van der Waals surface area contributed by atoms with Gasteiger partial charge in [0, 0.05) is 18.9 Å². The molecule has 0 bridgehead atoms. The van der Waals surface area contributed by atoms with E-state index in [0.717, 1.165) is 23.4 Å². The SMILES string of the molecule is CCCc1nn(-c2cccc(F)c2)c(CC)c1C(=O)NCc1cccnc1. The molecule has 2 heterocycles. The summed E-state index contributed by atoms with van der Waals surface area (Å²) in [6.07, 6.45) is 5.59. The molecule has 0 aliphatic rings. The fraction of sp³-hybridized carbons (Fsp3) is 0.286. The van der Waals surface area contributed by atoms with Gasteiger partial charge in [-0.05, 0) is 42.7 Å². The topological polar surface area (TPSA) is 59.8 Å². The van der Waals surface area contributed by atoms with Crippen molar-refractivity contribution in [2.24, 2.45) is 0 Å². The van der Waals surface area contributed by atoms with Gasteiger partial charge in [-0.3, -0.25) is 9.78 Å². The Morgan fingerprint density at radius 1 is 1.22 bits per heavy atom. The molecule has 0 radical (unpaired) electrons. The average Bonchev–Trinajstić information content (AvgIpc) is 3.05. The minimum absolute atomic E-state index is 0.165. The van der Waals surface area contributed by atoms with E-state index in [0.29, 0.717) is 30.6 Å². The number of aromatic nitrogens is 3. The number of rotatable bonds is 7. The molecule has 3 aromatic rings. The van der Waals surface area contributed by atoms with Crippen molar-refractivity contribution in [2.45, 2.75) is 39.7 Å². The number of halogens is 1. The second-order valence-electron chi connectivity index (χ2n) is 6.31.